The molecule has 1 saturated heterocycles. The van der Waals surface area contributed by atoms with Gasteiger partial charge in [-0.1, -0.05) is 30.3 Å². The maximum Gasteiger partial charge on any atom is 0.411 e. The van der Waals surface area contributed by atoms with Gasteiger partial charge in [-0.2, -0.15) is 0 Å². The molecule has 1 aliphatic heterocycles. The van der Waals surface area contributed by atoms with E-state index in [1.165, 1.54) is 4.90 Å². The summed E-state index contributed by atoms with van der Waals surface area (Å²) in [7, 11) is 0. The SMILES string of the molecule is CC(C)OC(O)NC1CCC(C(=O)OCc2ccccc2)N(C(=O)OC(C)(C)C)C1. The number of amides is 1. The number of nitrogens with one attached hydrogen (secondary N) is 1. The molecule has 0 radical (unpaired) electrons. The number of nitrogens with zero attached hydrogens (tertiary/aromatic N) is 1. The highest BCUT2D eigenvalue weighted by Crippen LogP contribution is 2.23. The number of esters is 1. The van der Waals surface area contributed by atoms with Gasteiger partial charge < -0.3 is 19.3 Å². The Balaban J connectivity index is 2.05. The summed E-state index contributed by atoms with van der Waals surface area (Å²) in [5, 5.41) is 13.0. The maximum absolute atomic E-state index is 12.8. The van der Waals surface area contributed by atoms with E-state index in [0.29, 0.717) is 12.8 Å². The molecule has 1 aliphatic rings. The quantitative estimate of drug-likeness (QED) is 0.515. The van der Waals surface area contributed by atoms with E-state index in [4.69, 9.17) is 14.2 Å². The van der Waals surface area contributed by atoms with Crippen LogP contribution in [0, 0.1) is 0 Å². The molecule has 1 fully saturated rings. The zero-order valence-corrected chi connectivity index (χ0v) is 18.5. The van der Waals surface area contributed by atoms with Crippen LogP contribution in [0.4, 0.5) is 4.79 Å². The van der Waals surface area contributed by atoms with Crippen molar-refractivity contribution in [3.05, 3.63) is 35.9 Å². The van der Waals surface area contributed by atoms with Gasteiger partial charge in [-0.15, -0.1) is 0 Å². The van der Waals surface area contributed by atoms with E-state index in [0.717, 1.165) is 5.56 Å². The smallest absolute Gasteiger partial charge is 0.411 e. The number of likely N-dealkylation sites (tertiary alicyclic amines) is 1. The number of hydrogen-bond acceptors (Lipinski definition) is 7. The van der Waals surface area contributed by atoms with Gasteiger partial charge in [0.25, 0.3) is 0 Å². The molecule has 3 unspecified atom stereocenters. The lowest BCUT2D eigenvalue weighted by atomic mass is 9.98. The number of hydrogen-bond donors (Lipinski definition) is 2. The first-order valence-electron chi connectivity index (χ1n) is 10.3. The fraction of sp³-hybridized carbons (Fsp3) is 0.636. The monoisotopic (exact) mass is 422 g/mol. The summed E-state index contributed by atoms with van der Waals surface area (Å²) in [6, 6.07) is 8.39. The van der Waals surface area contributed by atoms with Crippen molar-refractivity contribution >= 4 is 12.1 Å². The normalized spacial score (nSPS) is 20.7. The minimum Gasteiger partial charge on any atom is -0.459 e. The van der Waals surface area contributed by atoms with Gasteiger partial charge >= 0.3 is 12.1 Å². The molecule has 0 aromatic heterocycles. The van der Waals surface area contributed by atoms with Crippen LogP contribution in [0.25, 0.3) is 0 Å². The van der Waals surface area contributed by atoms with Crippen molar-refractivity contribution in [3.8, 4) is 0 Å². The Morgan fingerprint density at radius 3 is 2.47 bits per heavy atom. The Morgan fingerprint density at radius 1 is 1.20 bits per heavy atom. The third-order valence-electron chi connectivity index (χ3n) is 4.49. The van der Waals surface area contributed by atoms with Gasteiger partial charge in [0.15, 0.2) is 0 Å². The predicted octanol–water partition coefficient (Wildman–Crippen LogP) is 2.79. The van der Waals surface area contributed by atoms with Crippen LogP contribution in [0.3, 0.4) is 0 Å². The fourth-order valence-corrected chi connectivity index (χ4v) is 3.20. The summed E-state index contributed by atoms with van der Waals surface area (Å²) in [6.07, 6.45) is -0.937. The molecule has 1 aromatic carbocycles. The minimum absolute atomic E-state index is 0.140. The van der Waals surface area contributed by atoms with Crippen molar-refractivity contribution < 1.29 is 28.9 Å². The molecule has 30 heavy (non-hydrogen) atoms. The topological polar surface area (TPSA) is 97.3 Å². The molecule has 0 aliphatic carbocycles. The molecule has 0 bridgehead atoms. The molecule has 3 atom stereocenters. The van der Waals surface area contributed by atoms with Crippen LogP contribution in [-0.4, -0.2) is 58.8 Å². The highest BCUT2D eigenvalue weighted by molar-refractivity contribution is 5.82. The lowest BCUT2D eigenvalue weighted by Crippen LogP contribution is -2.58. The molecule has 1 heterocycles. The Bertz CT molecular complexity index is 689. The average molecular weight is 423 g/mol. The molecular formula is C22H34N2O6. The van der Waals surface area contributed by atoms with E-state index in [1.54, 1.807) is 20.8 Å². The van der Waals surface area contributed by atoms with Crippen LogP contribution in [-0.2, 0) is 25.6 Å². The number of carbonyl (C=O) groups excluding carboxylic acids is 2. The average Bonchev–Trinajstić information content (AvgIpc) is 2.65. The van der Waals surface area contributed by atoms with Gasteiger partial charge in [0.1, 0.15) is 18.2 Å². The van der Waals surface area contributed by atoms with Crippen LogP contribution in [0.5, 0.6) is 0 Å². The molecule has 1 aromatic rings. The van der Waals surface area contributed by atoms with Crippen LogP contribution < -0.4 is 5.32 Å². The lowest BCUT2D eigenvalue weighted by Gasteiger charge is -2.39. The molecule has 8 heteroatoms. The van der Waals surface area contributed by atoms with Crippen molar-refractivity contribution in [1.29, 1.82) is 0 Å². The highest BCUT2D eigenvalue weighted by atomic mass is 16.6. The summed E-state index contributed by atoms with van der Waals surface area (Å²) in [5.41, 5.74) is 0.176. The van der Waals surface area contributed by atoms with Crippen molar-refractivity contribution in [3.63, 3.8) is 0 Å². The number of benzene rings is 1. The number of aliphatic hydroxyl groups is 1. The van der Waals surface area contributed by atoms with Crippen molar-refractivity contribution in [2.75, 3.05) is 6.54 Å². The second-order valence-corrected chi connectivity index (χ2v) is 8.72. The van der Waals surface area contributed by atoms with Crippen LogP contribution in [0.2, 0.25) is 0 Å². The highest BCUT2D eigenvalue weighted by Gasteiger charge is 2.39. The van der Waals surface area contributed by atoms with E-state index in [1.807, 2.05) is 44.2 Å². The molecule has 8 nitrogen and oxygen atoms in total. The first-order chi connectivity index (χ1) is 14.0. The molecular weight excluding hydrogens is 388 g/mol. The van der Waals surface area contributed by atoms with Crippen molar-refractivity contribution in [2.24, 2.45) is 0 Å². The van der Waals surface area contributed by atoms with Crippen molar-refractivity contribution in [1.82, 2.24) is 10.2 Å². The summed E-state index contributed by atoms with van der Waals surface area (Å²) in [6.45, 7) is 9.28. The summed E-state index contributed by atoms with van der Waals surface area (Å²) >= 11 is 0. The third-order valence-corrected chi connectivity index (χ3v) is 4.49. The van der Waals surface area contributed by atoms with Gasteiger partial charge in [0, 0.05) is 12.6 Å². The number of piperidine rings is 1. The van der Waals surface area contributed by atoms with Gasteiger partial charge in [0.05, 0.1) is 6.10 Å². The fourth-order valence-electron chi connectivity index (χ4n) is 3.20. The van der Waals surface area contributed by atoms with Gasteiger partial charge in [-0.05, 0) is 53.0 Å². The van der Waals surface area contributed by atoms with E-state index < -0.39 is 30.1 Å². The third kappa shape index (κ3) is 7.93. The first-order valence-corrected chi connectivity index (χ1v) is 10.3. The predicted molar refractivity (Wildman–Crippen MR) is 111 cm³/mol. The van der Waals surface area contributed by atoms with Gasteiger partial charge in [-0.3, -0.25) is 10.2 Å². The van der Waals surface area contributed by atoms with E-state index in [-0.39, 0.29) is 25.3 Å². The molecule has 2 rings (SSSR count). The van der Waals surface area contributed by atoms with E-state index in [2.05, 4.69) is 5.32 Å². The summed E-state index contributed by atoms with van der Waals surface area (Å²) in [5.74, 6) is -0.470. The molecule has 1 amide bonds. The number of carbonyl (C=O) groups is 2. The van der Waals surface area contributed by atoms with Crippen molar-refractivity contribution in [2.45, 2.75) is 84.3 Å². The number of rotatable bonds is 7. The minimum atomic E-state index is -1.16. The van der Waals surface area contributed by atoms with Crippen LogP contribution >= 0.6 is 0 Å². The Labute approximate surface area is 178 Å². The van der Waals surface area contributed by atoms with Crippen LogP contribution in [0.1, 0.15) is 53.0 Å². The largest absolute Gasteiger partial charge is 0.459 e. The molecule has 168 valence electrons. The number of aliphatic hydroxyl groups excluding tert-OH is 1. The summed E-state index contributed by atoms with van der Waals surface area (Å²) < 4.78 is 16.3. The molecule has 0 saturated carbocycles. The first kappa shape index (κ1) is 24.1. The van der Waals surface area contributed by atoms with Gasteiger partial charge in [0.2, 0.25) is 6.41 Å². The maximum atomic E-state index is 12.8. The zero-order valence-electron chi connectivity index (χ0n) is 18.5. The Morgan fingerprint density at radius 2 is 1.87 bits per heavy atom. The second kappa shape index (κ2) is 10.7. The zero-order chi connectivity index (χ0) is 22.3. The Kier molecular flexibility index (Phi) is 8.64. The Hall–Kier alpha value is -2.16. The molecule has 0 spiro atoms. The van der Waals surface area contributed by atoms with E-state index >= 15 is 0 Å². The van der Waals surface area contributed by atoms with E-state index in [9.17, 15) is 14.7 Å². The molecule has 2 N–H and O–H groups in total. The summed E-state index contributed by atoms with van der Waals surface area (Å²) in [4.78, 5) is 26.9. The second-order valence-electron chi connectivity index (χ2n) is 8.72. The standard InChI is InChI=1S/C22H34N2O6/c1-15(2)29-20(26)23-17-11-12-18(24(13-17)21(27)30-22(3,4)5)19(25)28-14-16-9-7-6-8-10-16/h6-10,15,17-18,20,23,26H,11-14H2,1-5H3. The van der Waals surface area contributed by atoms with Gasteiger partial charge in [-0.25, -0.2) is 9.59 Å². The number of ether oxygens (including phenoxy) is 3. The van der Waals surface area contributed by atoms with Crippen LogP contribution in [0.15, 0.2) is 30.3 Å². The lowest BCUT2D eigenvalue weighted by molar-refractivity contribution is -0.158.